The highest BCUT2D eigenvalue weighted by Crippen LogP contribution is 2.20. The van der Waals surface area contributed by atoms with Crippen LogP contribution in [0.2, 0.25) is 0 Å². The molecule has 0 aromatic heterocycles. The molecule has 2 N–H and O–H groups in total. The van der Waals surface area contributed by atoms with Crippen LogP contribution in [-0.4, -0.2) is 24.8 Å². The van der Waals surface area contributed by atoms with Gasteiger partial charge in [0.05, 0.1) is 0 Å². The number of hydrogen-bond donors (Lipinski definition) is 2. The van der Waals surface area contributed by atoms with Crippen LogP contribution in [0.15, 0.2) is 0 Å². The van der Waals surface area contributed by atoms with Gasteiger partial charge in [-0.3, -0.25) is 0 Å². The largest absolute Gasteiger partial charge is 0.396 e. The molecule has 0 spiro atoms. The summed E-state index contributed by atoms with van der Waals surface area (Å²) < 4.78 is 0. The second-order valence-corrected chi connectivity index (χ2v) is 5.73. The summed E-state index contributed by atoms with van der Waals surface area (Å²) in [6, 6.07) is 0. The van der Waals surface area contributed by atoms with Crippen molar-refractivity contribution in [2.75, 3.05) is 19.7 Å². The Hall–Kier alpha value is -0.0800. The van der Waals surface area contributed by atoms with Crippen LogP contribution in [0.1, 0.15) is 47.5 Å². The lowest BCUT2D eigenvalue weighted by Gasteiger charge is -2.26. The first-order valence-corrected chi connectivity index (χ1v) is 6.24. The van der Waals surface area contributed by atoms with Crippen LogP contribution in [0.5, 0.6) is 0 Å². The van der Waals surface area contributed by atoms with Crippen molar-refractivity contribution in [2.24, 2.45) is 17.3 Å². The van der Waals surface area contributed by atoms with Gasteiger partial charge in [0, 0.05) is 19.7 Å². The summed E-state index contributed by atoms with van der Waals surface area (Å²) in [6.07, 6.45) is 2.49. The smallest absolute Gasteiger partial charge is 0.0473 e. The molecular weight excluding hydrogens is 186 g/mol. The number of rotatable bonds is 8. The molecule has 0 rings (SSSR count). The Balaban J connectivity index is 3.76. The lowest BCUT2D eigenvalue weighted by Crippen LogP contribution is -2.35. The zero-order chi connectivity index (χ0) is 11.9. The van der Waals surface area contributed by atoms with Crippen LogP contribution in [0.4, 0.5) is 0 Å². The van der Waals surface area contributed by atoms with Crippen LogP contribution in [0, 0.1) is 17.3 Å². The Bertz CT molecular complexity index is 155. The minimum Gasteiger partial charge on any atom is -0.396 e. The van der Waals surface area contributed by atoms with Gasteiger partial charge in [0.2, 0.25) is 0 Å². The van der Waals surface area contributed by atoms with Crippen LogP contribution >= 0.6 is 0 Å². The molecule has 0 aromatic carbocycles. The van der Waals surface area contributed by atoms with Crippen molar-refractivity contribution in [3.8, 4) is 0 Å². The van der Waals surface area contributed by atoms with Gasteiger partial charge in [-0.15, -0.1) is 0 Å². The fourth-order valence-corrected chi connectivity index (χ4v) is 1.87. The van der Waals surface area contributed by atoms with Crippen LogP contribution in [0.3, 0.4) is 0 Å². The number of aliphatic hydroxyl groups excluding tert-OH is 1. The van der Waals surface area contributed by atoms with Crippen LogP contribution < -0.4 is 5.32 Å². The maximum Gasteiger partial charge on any atom is 0.0473 e. The molecule has 2 heteroatoms. The zero-order valence-corrected chi connectivity index (χ0v) is 11.1. The van der Waals surface area contributed by atoms with Gasteiger partial charge in [-0.1, -0.05) is 41.0 Å². The Morgan fingerprint density at radius 1 is 1.27 bits per heavy atom. The van der Waals surface area contributed by atoms with Crippen molar-refractivity contribution in [2.45, 2.75) is 47.5 Å². The maximum atomic E-state index is 9.19. The predicted octanol–water partition coefficient (Wildman–Crippen LogP) is 2.67. The fraction of sp³-hybridized carbons (Fsp3) is 1.00. The summed E-state index contributed by atoms with van der Waals surface area (Å²) in [4.78, 5) is 0. The third-order valence-corrected chi connectivity index (χ3v) is 3.11. The van der Waals surface area contributed by atoms with E-state index in [1.54, 1.807) is 0 Å². The topological polar surface area (TPSA) is 32.3 Å². The Kier molecular flexibility index (Phi) is 7.20. The zero-order valence-electron chi connectivity index (χ0n) is 11.1. The van der Waals surface area contributed by atoms with Gasteiger partial charge >= 0.3 is 0 Å². The normalized spacial score (nSPS) is 14.6. The van der Waals surface area contributed by atoms with Gasteiger partial charge in [-0.2, -0.15) is 0 Å². The lowest BCUT2D eigenvalue weighted by atomic mass is 9.87. The molecule has 0 bridgehead atoms. The lowest BCUT2D eigenvalue weighted by molar-refractivity contribution is 0.180. The summed E-state index contributed by atoms with van der Waals surface area (Å²) in [5, 5.41) is 12.7. The van der Waals surface area contributed by atoms with Crippen molar-refractivity contribution in [3.05, 3.63) is 0 Å². The summed E-state index contributed by atoms with van der Waals surface area (Å²) in [5.74, 6) is 0.944. The Labute approximate surface area is 95.5 Å². The van der Waals surface area contributed by atoms with E-state index >= 15 is 0 Å². The van der Waals surface area contributed by atoms with Gasteiger partial charge in [-0.25, -0.2) is 0 Å². The van der Waals surface area contributed by atoms with Gasteiger partial charge in [-0.05, 0) is 23.7 Å². The van der Waals surface area contributed by atoms with Crippen molar-refractivity contribution >= 4 is 0 Å². The van der Waals surface area contributed by atoms with Gasteiger partial charge in [0.15, 0.2) is 0 Å². The number of nitrogens with one attached hydrogen (secondary N) is 1. The van der Waals surface area contributed by atoms with Gasteiger partial charge in [0.25, 0.3) is 0 Å². The summed E-state index contributed by atoms with van der Waals surface area (Å²) >= 11 is 0. The molecule has 1 atom stereocenters. The van der Waals surface area contributed by atoms with Gasteiger partial charge in [0.1, 0.15) is 0 Å². The van der Waals surface area contributed by atoms with E-state index < -0.39 is 0 Å². The van der Waals surface area contributed by atoms with E-state index in [9.17, 15) is 5.11 Å². The molecule has 92 valence electrons. The molecule has 0 fully saturated rings. The van der Waals surface area contributed by atoms with E-state index in [0.717, 1.165) is 13.1 Å². The summed E-state index contributed by atoms with van der Waals surface area (Å²) in [7, 11) is 0. The molecule has 0 amide bonds. The molecule has 0 aliphatic rings. The molecule has 0 heterocycles. The van der Waals surface area contributed by atoms with Crippen molar-refractivity contribution in [3.63, 3.8) is 0 Å². The highest BCUT2D eigenvalue weighted by molar-refractivity contribution is 4.73. The van der Waals surface area contributed by atoms with Crippen LogP contribution in [0.25, 0.3) is 0 Å². The second kappa shape index (κ2) is 7.24. The third-order valence-electron chi connectivity index (χ3n) is 3.11. The molecular formula is C13H29NO. The molecule has 0 aromatic rings. The minimum atomic E-state index is 0.291. The fourth-order valence-electron chi connectivity index (χ4n) is 1.87. The monoisotopic (exact) mass is 215 g/mol. The van der Waals surface area contributed by atoms with E-state index in [-0.39, 0.29) is 0 Å². The predicted molar refractivity (Wildman–Crippen MR) is 67.0 cm³/mol. The summed E-state index contributed by atoms with van der Waals surface area (Å²) in [5.41, 5.74) is 0.381. The number of aliphatic hydroxyl groups is 1. The Morgan fingerprint density at radius 2 is 1.87 bits per heavy atom. The van der Waals surface area contributed by atoms with Crippen molar-refractivity contribution in [1.82, 2.24) is 5.32 Å². The van der Waals surface area contributed by atoms with Crippen molar-refractivity contribution < 1.29 is 5.11 Å². The molecule has 2 nitrogen and oxygen atoms in total. The molecule has 0 radical (unpaired) electrons. The summed E-state index contributed by atoms with van der Waals surface area (Å²) in [6.45, 7) is 13.4. The first kappa shape index (κ1) is 14.9. The molecule has 0 saturated carbocycles. The van der Waals surface area contributed by atoms with Gasteiger partial charge < -0.3 is 10.4 Å². The average molecular weight is 215 g/mol. The third kappa shape index (κ3) is 6.91. The quantitative estimate of drug-likeness (QED) is 0.652. The molecule has 0 saturated heterocycles. The average Bonchev–Trinajstić information content (AvgIpc) is 2.11. The highest BCUT2D eigenvalue weighted by Gasteiger charge is 2.17. The van der Waals surface area contributed by atoms with Crippen LogP contribution in [-0.2, 0) is 0 Å². The number of hydrogen-bond acceptors (Lipinski definition) is 2. The van der Waals surface area contributed by atoms with E-state index in [4.69, 9.17) is 0 Å². The first-order chi connectivity index (χ1) is 6.93. The molecule has 0 aliphatic carbocycles. The van der Waals surface area contributed by atoms with E-state index in [0.29, 0.717) is 23.9 Å². The standard InChI is InChI=1S/C13H29NO/c1-6-7-13(4,5)10-14-8-12(9-15)11(2)3/h11-12,14-15H,6-10H2,1-5H3. The second-order valence-electron chi connectivity index (χ2n) is 5.73. The van der Waals surface area contributed by atoms with E-state index in [2.05, 4.69) is 39.9 Å². The first-order valence-electron chi connectivity index (χ1n) is 6.24. The molecule has 0 aliphatic heterocycles. The molecule has 15 heavy (non-hydrogen) atoms. The highest BCUT2D eigenvalue weighted by atomic mass is 16.3. The Morgan fingerprint density at radius 3 is 2.27 bits per heavy atom. The minimum absolute atomic E-state index is 0.291. The SMILES string of the molecule is CCCC(C)(C)CNCC(CO)C(C)C. The van der Waals surface area contributed by atoms with E-state index in [1.165, 1.54) is 12.8 Å². The van der Waals surface area contributed by atoms with Crippen molar-refractivity contribution in [1.29, 1.82) is 0 Å². The maximum absolute atomic E-state index is 9.19. The van der Waals surface area contributed by atoms with E-state index in [1.807, 2.05) is 0 Å². The molecule has 1 unspecified atom stereocenters.